The SMILES string of the molecule is CCC(CC(=O)N1CC(C)C(CC(=O)O)C1)NC(=O)OCC1c2ccccc2-c2ccccc21. The molecule has 2 N–H and O–H groups in total. The van der Waals surface area contributed by atoms with E-state index in [-0.39, 0.29) is 49.2 Å². The monoisotopic (exact) mass is 464 g/mol. The van der Waals surface area contributed by atoms with Crippen LogP contribution in [-0.2, 0) is 14.3 Å². The zero-order valence-electron chi connectivity index (χ0n) is 19.7. The predicted molar refractivity (Wildman–Crippen MR) is 128 cm³/mol. The van der Waals surface area contributed by atoms with Gasteiger partial charge in [-0.2, -0.15) is 0 Å². The van der Waals surface area contributed by atoms with Crippen LogP contribution in [0, 0.1) is 11.8 Å². The first-order valence-electron chi connectivity index (χ1n) is 12.0. The maximum atomic E-state index is 12.8. The molecule has 34 heavy (non-hydrogen) atoms. The largest absolute Gasteiger partial charge is 0.481 e. The van der Waals surface area contributed by atoms with Crippen molar-refractivity contribution in [2.45, 2.75) is 45.1 Å². The summed E-state index contributed by atoms with van der Waals surface area (Å²) in [6.45, 7) is 5.13. The van der Waals surface area contributed by atoms with E-state index >= 15 is 0 Å². The van der Waals surface area contributed by atoms with Crippen molar-refractivity contribution >= 4 is 18.0 Å². The quantitative estimate of drug-likeness (QED) is 0.609. The molecule has 0 radical (unpaired) electrons. The van der Waals surface area contributed by atoms with Crippen LogP contribution in [0.15, 0.2) is 48.5 Å². The number of aliphatic carboxylic acids is 1. The van der Waals surface area contributed by atoms with Crippen molar-refractivity contribution in [3.05, 3.63) is 59.7 Å². The van der Waals surface area contributed by atoms with Gasteiger partial charge in [-0.15, -0.1) is 0 Å². The van der Waals surface area contributed by atoms with Gasteiger partial charge in [0.2, 0.25) is 5.91 Å². The maximum Gasteiger partial charge on any atom is 0.407 e. The van der Waals surface area contributed by atoms with Gasteiger partial charge in [0.05, 0.1) is 6.42 Å². The third-order valence-electron chi connectivity index (χ3n) is 7.14. The van der Waals surface area contributed by atoms with Crippen molar-refractivity contribution in [2.75, 3.05) is 19.7 Å². The van der Waals surface area contributed by atoms with Gasteiger partial charge in [0.25, 0.3) is 0 Å². The molecular formula is C27H32N2O5. The van der Waals surface area contributed by atoms with Gasteiger partial charge in [-0.3, -0.25) is 9.59 Å². The van der Waals surface area contributed by atoms with Crippen LogP contribution in [0.5, 0.6) is 0 Å². The molecule has 180 valence electrons. The average molecular weight is 465 g/mol. The van der Waals surface area contributed by atoms with E-state index in [4.69, 9.17) is 9.84 Å². The zero-order chi connectivity index (χ0) is 24.2. The van der Waals surface area contributed by atoms with Crippen LogP contribution in [0.2, 0.25) is 0 Å². The molecule has 2 aliphatic rings. The van der Waals surface area contributed by atoms with Crippen LogP contribution < -0.4 is 5.32 Å². The molecule has 1 saturated heterocycles. The van der Waals surface area contributed by atoms with Gasteiger partial charge in [0.1, 0.15) is 6.61 Å². The van der Waals surface area contributed by atoms with Crippen molar-refractivity contribution in [3.8, 4) is 11.1 Å². The Balaban J connectivity index is 1.31. The second kappa shape index (κ2) is 10.3. The van der Waals surface area contributed by atoms with Crippen molar-refractivity contribution in [2.24, 2.45) is 11.8 Å². The number of alkyl carbamates (subject to hydrolysis) is 1. The minimum Gasteiger partial charge on any atom is -0.481 e. The van der Waals surface area contributed by atoms with Gasteiger partial charge in [0.15, 0.2) is 0 Å². The highest BCUT2D eigenvalue weighted by atomic mass is 16.5. The Morgan fingerprint density at radius 2 is 1.68 bits per heavy atom. The summed E-state index contributed by atoms with van der Waals surface area (Å²) < 4.78 is 5.62. The van der Waals surface area contributed by atoms with Crippen LogP contribution in [-0.4, -0.2) is 53.7 Å². The van der Waals surface area contributed by atoms with Gasteiger partial charge < -0.3 is 20.1 Å². The number of fused-ring (bicyclic) bond motifs is 3. The summed E-state index contributed by atoms with van der Waals surface area (Å²) in [4.78, 5) is 38.2. The Morgan fingerprint density at radius 3 is 2.26 bits per heavy atom. The van der Waals surface area contributed by atoms with Gasteiger partial charge in [-0.05, 0) is 40.5 Å². The summed E-state index contributed by atoms with van der Waals surface area (Å²) in [5.74, 6) is -0.802. The van der Waals surface area contributed by atoms with E-state index < -0.39 is 12.1 Å². The number of nitrogens with zero attached hydrogens (tertiary/aromatic N) is 1. The van der Waals surface area contributed by atoms with E-state index in [9.17, 15) is 14.4 Å². The number of nitrogens with one attached hydrogen (secondary N) is 1. The van der Waals surface area contributed by atoms with Crippen molar-refractivity contribution < 1.29 is 24.2 Å². The molecule has 0 aromatic heterocycles. The topological polar surface area (TPSA) is 95.9 Å². The lowest BCUT2D eigenvalue weighted by molar-refractivity contribution is -0.138. The molecule has 2 aromatic carbocycles. The average Bonchev–Trinajstić information content (AvgIpc) is 3.34. The van der Waals surface area contributed by atoms with Crippen molar-refractivity contribution in [1.82, 2.24) is 10.2 Å². The van der Waals surface area contributed by atoms with Crippen LogP contribution in [0.4, 0.5) is 4.79 Å². The van der Waals surface area contributed by atoms with Crippen molar-refractivity contribution in [3.63, 3.8) is 0 Å². The standard InChI is InChI=1S/C27H32N2O5/c1-3-19(13-25(30)29-14-17(2)18(15-29)12-26(31)32)28-27(33)34-16-24-22-10-6-4-8-20(22)21-9-5-7-11-23(21)24/h4-11,17-19,24H,3,12-16H2,1-2H3,(H,28,33)(H,31,32). The molecule has 7 nitrogen and oxygen atoms in total. The van der Waals surface area contributed by atoms with Gasteiger partial charge in [0, 0.05) is 31.5 Å². The van der Waals surface area contributed by atoms with E-state index in [1.165, 1.54) is 11.1 Å². The Bertz CT molecular complexity index is 1020. The molecule has 2 aromatic rings. The molecule has 0 saturated carbocycles. The number of benzene rings is 2. The molecule has 1 aliphatic carbocycles. The molecule has 4 rings (SSSR count). The Hall–Kier alpha value is -3.35. The number of hydrogen-bond acceptors (Lipinski definition) is 4. The Labute approximate surface area is 200 Å². The summed E-state index contributed by atoms with van der Waals surface area (Å²) in [6, 6.07) is 16.0. The number of hydrogen-bond donors (Lipinski definition) is 2. The van der Waals surface area contributed by atoms with Gasteiger partial charge >= 0.3 is 12.1 Å². The predicted octanol–water partition coefficient (Wildman–Crippen LogP) is 4.26. The van der Waals surface area contributed by atoms with E-state index in [2.05, 4.69) is 29.6 Å². The first kappa shape index (κ1) is 23.8. The normalized spacial score (nSPS) is 19.9. The van der Waals surface area contributed by atoms with Crippen LogP contribution in [0.3, 0.4) is 0 Å². The Kier molecular flexibility index (Phi) is 7.20. The molecule has 3 unspecified atom stereocenters. The summed E-state index contributed by atoms with van der Waals surface area (Å²) >= 11 is 0. The van der Waals surface area contributed by atoms with Gasteiger partial charge in [-0.1, -0.05) is 62.4 Å². The minimum absolute atomic E-state index is 0.0166. The molecule has 0 spiro atoms. The van der Waals surface area contributed by atoms with E-state index in [0.29, 0.717) is 19.5 Å². The first-order chi connectivity index (χ1) is 16.4. The van der Waals surface area contributed by atoms with Crippen LogP contribution >= 0.6 is 0 Å². The number of amides is 2. The minimum atomic E-state index is -0.838. The number of carbonyl (C=O) groups is 3. The lowest BCUT2D eigenvalue weighted by Gasteiger charge is -2.22. The highest BCUT2D eigenvalue weighted by Crippen LogP contribution is 2.44. The lowest BCUT2D eigenvalue weighted by Crippen LogP contribution is -2.40. The van der Waals surface area contributed by atoms with Crippen molar-refractivity contribution in [1.29, 1.82) is 0 Å². The molecule has 1 heterocycles. The molecule has 2 amide bonds. The third kappa shape index (κ3) is 5.08. The number of ether oxygens (including phenoxy) is 1. The fourth-order valence-electron chi connectivity index (χ4n) is 5.17. The lowest BCUT2D eigenvalue weighted by atomic mass is 9.95. The molecule has 1 fully saturated rings. The summed E-state index contributed by atoms with van der Waals surface area (Å²) in [5.41, 5.74) is 4.64. The Morgan fingerprint density at radius 1 is 1.06 bits per heavy atom. The van der Waals surface area contributed by atoms with Gasteiger partial charge in [-0.25, -0.2) is 4.79 Å². The summed E-state index contributed by atoms with van der Waals surface area (Å²) in [5, 5.41) is 11.9. The van der Waals surface area contributed by atoms with E-state index in [1.807, 2.05) is 38.1 Å². The first-order valence-corrected chi connectivity index (χ1v) is 12.0. The second-order valence-corrected chi connectivity index (χ2v) is 9.41. The molecule has 3 atom stereocenters. The van der Waals surface area contributed by atoms with E-state index in [0.717, 1.165) is 11.1 Å². The highest BCUT2D eigenvalue weighted by Gasteiger charge is 2.34. The fourth-order valence-corrected chi connectivity index (χ4v) is 5.17. The summed E-state index contributed by atoms with van der Waals surface area (Å²) in [6.07, 6.45) is 0.311. The number of carbonyl (C=O) groups excluding carboxylic acids is 2. The fraction of sp³-hybridized carbons (Fsp3) is 0.444. The number of carboxylic acids is 1. The second-order valence-electron chi connectivity index (χ2n) is 9.41. The third-order valence-corrected chi connectivity index (χ3v) is 7.14. The number of rotatable bonds is 8. The molecule has 0 bridgehead atoms. The molecule has 1 aliphatic heterocycles. The van der Waals surface area contributed by atoms with E-state index in [1.54, 1.807) is 4.90 Å². The zero-order valence-corrected chi connectivity index (χ0v) is 19.7. The summed E-state index contributed by atoms with van der Waals surface area (Å²) in [7, 11) is 0. The number of carboxylic acid groups (broad SMARTS) is 1. The highest BCUT2D eigenvalue weighted by molar-refractivity contribution is 5.80. The molecular weight excluding hydrogens is 432 g/mol. The molecule has 7 heteroatoms. The maximum absolute atomic E-state index is 12.8. The smallest absolute Gasteiger partial charge is 0.407 e. The number of likely N-dealkylation sites (tertiary alicyclic amines) is 1. The van der Waals surface area contributed by atoms with Crippen LogP contribution in [0.25, 0.3) is 11.1 Å². The van der Waals surface area contributed by atoms with Crippen LogP contribution in [0.1, 0.15) is 50.2 Å².